The normalized spacial score (nSPS) is 11.0. The molecule has 0 saturated heterocycles. The van der Waals surface area contributed by atoms with Crippen LogP contribution in [0.2, 0.25) is 0 Å². The van der Waals surface area contributed by atoms with Crippen LogP contribution in [0, 0.1) is 6.92 Å². The molecule has 2 heterocycles. The number of aromatic nitrogens is 1. The molecule has 0 radical (unpaired) electrons. The predicted molar refractivity (Wildman–Crippen MR) is 105 cm³/mol. The van der Waals surface area contributed by atoms with Crippen LogP contribution in [0.5, 0.6) is 5.75 Å². The number of fused-ring (bicyclic) bond motifs is 2. The van der Waals surface area contributed by atoms with Gasteiger partial charge in [-0.25, -0.2) is 4.98 Å². The maximum absolute atomic E-state index is 12.4. The first-order valence-corrected chi connectivity index (χ1v) is 8.93. The van der Waals surface area contributed by atoms with Crippen molar-refractivity contribution in [3.05, 3.63) is 71.5 Å². The number of rotatable bonds is 5. The molecule has 2 aromatic carbocycles. The molecule has 4 aromatic rings. The molecule has 0 spiro atoms. The van der Waals surface area contributed by atoms with E-state index in [-0.39, 0.29) is 11.7 Å². The third kappa shape index (κ3) is 3.62. The minimum absolute atomic E-state index is 0.260. The second-order valence-electron chi connectivity index (χ2n) is 6.45. The van der Waals surface area contributed by atoms with E-state index < -0.39 is 0 Å². The summed E-state index contributed by atoms with van der Waals surface area (Å²) < 4.78 is 11.1. The van der Waals surface area contributed by atoms with E-state index in [1.165, 1.54) is 0 Å². The van der Waals surface area contributed by atoms with Gasteiger partial charge in [-0.05, 0) is 55.3 Å². The van der Waals surface area contributed by atoms with Crippen molar-refractivity contribution in [2.45, 2.75) is 20.4 Å². The van der Waals surface area contributed by atoms with E-state index >= 15 is 0 Å². The second-order valence-corrected chi connectivity index (χ2v) is 6.45. The average molecular weight is 360 g/mol. The molecule has 0 aliphatic heterocycles. The number of pyridine rings is 1. The fourth-order valence-corrected chi connectivity index (χ4v) is 2.99. The highest BCUT2D eigenvalue weighted by Crippen LogP contribution is 2.23. The Morgan fingerprint density at radius 3 is 2.67 bits per heavy atom. The quantitative estimate of drug-likeness (QED) is 0.564. The SMILES string of the molecule is CCOc1ccc(CNC(=O)c2cc3cc4ccc(C)cc4nc3o2)cc1. The highest BCUT2D eigenvalue weighted by atomic mass is 16.5. The van der Waals surface area contributed by atoms with Crippen molar-refractivity contribution in [3.63, 3.8) is 0 Å². The van der Waals surface area contributed by atoms with Crippen LogP contribution in [0.25, 0.3) is 22.0 Å². The summed E-state index contributed by atoms with van der Waals surface area (Å²) in [5.74, 6) is 0.816. The molecule has 5 nitrogen and oxygen atoms in total. The molecule has 0 bridgehead atoms. The minimum Gasteiger partial charge on any atom is -0.494 e. The number of amides is 1. The van der Waals surface area contributed by atoms with Crippen molar-refractivity contribution in [2.75, 3.05) is 6.61 Å². The Morgan fingerprint density at radius 2 is 1.89 bits per heavy atom. The van der Waals surface area contributed by atoms with Crippen LogP contribution in [0.3, 0.4) is 0 Å². The van der Waals surface area contributed by atoms with Crippen LogP contribution in [-0.4, -0.2) is 17.5 Å². The van der Waals surface area contributed by atoms with Crippen molar-refractivity contribution in [1.29, 1.82) is 0 Å². The van der Waals surface area contributed by atoms with Crippen LogP contribution < -0.4 is 10.1 Å². The molecule has 2 aromatic heterocycles. The number of aryl methyl sites for hydroxylation is 1. The summed E-state index contributed by atoms with van der Waals surface area (Å²) >= 11 is 0. The van der Waals surface area contributed by atoms with E-state index in [2.05, 4.69) is 10.3 Å². The lowest BCUT2D eigenvalue weighted by Crippen LogP contribution is -2.22. The van der Waals surface area contributed by atoms with Crippen molar-refractivity contribution in [2.24, 2.45) is 0 Å². The summed E-state index contributed by atoms with van der Waals surface area (Å²) in [6.07, 6.45) is 0. The molecular formula is C22H20N2O3. The number of nitrogens with one attached hydrogen (secondary N) is 1. The number of ether oxygens (including phenoxy) is 1. The largest absolute Gasteiger partial charge is 0.494 e. The van der Waals surface area contributed by atoms with Gasteiger partial charge in [-0.1, -0.05) is 24.3 Å². The third-order valence-electron chi connectivity index (χ3n) is 4.37. The van der Waals surface area contributed by atoms with Gasteiger partial charge in [0.25, 0.3) is 5.91 Å². The number of carbonyl (C=O) groups is 1. The van der Waals surface area contributed by atoms with E-state index in [0.717, 1.165) is 33.2 Å². The molecule has 5 heteroatoms. The molecule has 27 heavy (non-hydrogen) atoms. The summed E-state index contributed by atoms with van der Waals surface area (Å²) in [7, 11) is 0. The second kappa shape index (κ2) is 7.11. The summed E-state index contributed by atoms with van der Waals surface area (Å²) in [6, 6.07) is 17.4. The molecule has 1 N–H and O–H groups in total. The van der Waals surface area contributed by atoms with Crippen LogP contribution in [0.4, 0.5) is 0 Å². The molecule has 0 aliphatic carbocycles. The monoisotopic (exact) mass is 360 g/mol. The number of benzene rings is 2. The van der Waals surface area contributed by atoms with Gasteiger partial charge in [0.05, 0.1) is 12.1 Å². The minimum atomic E-state index is -0.262. The van der Waals surface area contributed by atoms with Gasteiger partial charge in [0.1, 0.15) is 5.75 Å². The van der Waals surface area contributed by atoms with Gasteiger partial charge in [-0.2, -0.15) is 0 Å². The smallest absolute Gasteiger partial charge is 0.287 e. The van der Waals surface area contributed by atoms with Gasteiger partial charge < -0.3 is 14.5 Å². The van der Waals surface area contributed by atoms with E-state index in [9.17, 15) is 4.79 Å². The molecule has 0 atom stereocenters. The van der Waals surface area contributed by atoms with Gasteiger partial charge in [-0.3, -0.25) is 4.79 Å². The van der Waals surface area contributed by atoms with Crippen molar-refractivity contribution < 1.29 is 13.9 Å². The van der Waals surface area contributed by atoms with Crippen molar-refractivity contribution in [1.82, 2.24) is 10.3 Å². The Balaban J connectivity index is 1.51. The standard InChI is InChI=1S/C22H20N2O3/c1-3-26-18-8-5-15(6-9-18)13-23-21(25)20-12-17-11-16-7-4-14(2)10-19(16)24-22(17)27-20/h4-12H,3,13H2,1-2H3,(H,23,25). The van der Waals surface area contributed by atoms with Gasteiger partial charge in [-0.15, -0.1) is 0 Å². The number of carbonyl (C=O) groups excluding carboxylic acids is 1. The molecule has 136 valence electrons. The number of hydrogen-bond acceptors (Lipinski definition) is 4. The van der Waals surface area contributed by atoms with E-state index in [0.29, 0.717) is 18.9 Å². The Morgan fingerprint density at radius 1 is 1.07 bits per heavy atom. The van der Waals surface area contributed by atoms with Crippen LogP contribution in [0.1, 0.15) is 28.6 Å². The number of nitrogens with zero attached hydrogens (tertiary/aromatic N) is 1. The van der Waals surface area contributed by atoms with Crippen LogP contribution in [-0.2, 0) is 6.54 Å². The fourth-order valence-electron chi connectivity index (χ4n) is 2.99. The van der Waals surface area contributed by atoms with Gasteiger partial charge in [0.15, 0.2) is 5.76 Å². The van der Waals surface area contributed by atoms with Gasteiger partial charge in [0, 0.05) is 17.3 Å². The Kier molecular flexibility index (Phi) is 4.50. The predicted octanol–water partition coefficient (Wildman–Crippen LogP) is 4.62. The number of furan rings is 1. The van der Waals surface area contributed by atoms with Crippen molar-refractivity contribution in [3.8, 4) is 5.75 Å². The third-order valence-corrected chi connectivity index (χ3v) is 4.37. The molecule has 1 amide bonds. The highest BCUT2D eigenvalue weighted by molar-refractivity contribution is 5.98. The zero-order valence-corrected chi connectivity index (χ0v) is 15.3. The first kappa shape index (κ1) is 17.1. The summed E-state index contributed by atoms with van der Waals surface area (Å²) in [6.45, 7) is 5.01. The van der Waals surface area contributed by atoms with Crippen LogP contribution >= 0.6 is 0 Å². The molecule has 0 unspecified atom stereocenters. The first-order valence-electron chi connectivity index (χ1n) is 8.93. The zero-order valence-electron chi connectivity index (χ0n) is 15.3. The molecule has 0 saturated carbocycles. The van der Waals surface area contributed by atoms with Gasteiger partial charge >= 0.3 is 0 Å². The number of hydrogen-bond donors (Lipinski definition) is 1. The highest BCUT2D eigenvalue weighted by Gasteiger charge is 2.13. The fraction of sp³-hybridized carbons (Fsp3) is 0.182. The molecule has 4 rings (SSSR count). The lowest BCUT2D eigenvalue weighted by molar-refractivity contribution is 0.0925. The lowest BCUT2D eigenvalue weighted by atomic mass is 10.1. The lowest BCUT2D eigenvalue weighted by Gasteiger charge is -2.06. The maximum atomic E-state index is 12.4. The topological polar surface area (TPSA) is 64.4 Å². The van der Waals surface area contributed by atoms with E-state index in [1.54, 1.807) is 6.07 Å². The Labute approximate surface area is 157 Å². The molecular weight excluding hydrogens is 340 g/mol. The van der Waals surface area contributed by atoms with Gasteiger partial charge in [0.2, 0.25) is 5.71 Å². The van der Waals surface area contributed by atoms with Crippen molar-refractivity contribution >= 4 is 27.9 Å². The molecule has 0 aliphatic rings. The Hall–Kier alpha value is -3.34. The van der Waals surface area contributed by atoms with E-state index in [1.807, 2.05) is 62.4 Å². The van der Waals surface area contributed by atoms with Crippen LogP contribution in [0.15, 0.2) is 59.0 Å². The maximum Gasteiger partial charge on any atom is 0.287 e. The zero-order chi connectivity index (χ0) is 18.8. The first-order chi connectivity index (χ1) is 13.1. The summed E-state index contributed by atoms with van der Waals surface area (Å²) in [4.78, 5) is 17.0. The summed E-state index contributed by atoms with van der Waals surface area (Å²) in [5.41, 5.74) is 3.45. The van der Waals surface area contributed by atoms with E-state index in [4.69, 9.17) is 9.15 Å². The Bertz CT molecular complexity index is 1110. The molecule has 0 fully saturated rings. The average Bonchev–Trinajstić information content (AvgIpc) is 3.08. The summed E-state index contributed by atoms with van der Waals surface area (Å²) in [5, 5.41) is 4.72.